The molecule has 0 saturated carbocycles. The van der Waals surface area contributed by atoms with Gasteiger partial charge in [-0.05, 0) is 38.5 Å². The number of amides is 1. The molecule has 1 atom stereocenters. The second-order valence-electron chi connectivity index (χ2n) is 6.39. The number of aryl methyl sites for hydroxylation is 1. The summed E-state index contributed by atoms with van der Waals surface area (Å²) >= 11 is 1.66. The van der Waals surface area contributed by atoms with Crippen LogP contribution in [0.15, 0.2) is 46.6 Å². The first-order valence-electron chi connectivity index (χ1n) is 8.40. The monoisotopic (exact) mass is 370 g/mol. The Kier molecular flexibility index (Phi) is 5.49. The van der Waals surface area contributed by atoms with Gasteiger partial charge in [0.25, 0.3) is 5.56 Å². The SMILES string of the molecule is Cc1nn(CC(=O)NCC(c2cccs2)N(C)C)c(=O)c2ccccc12. The molecule has 3 rings (SSSR count). The molecule has 1 unspecified atom stereocenters. The Morgan fingerprint density at radius 2 is 1.96 bits per heavy atom. The van der Waals surface area contributed by atoms with E-state index in [-0.39, 0.29) is 24.1 Å². The molecule has 1 amide bonds. The van der Waals surface area contributed by atoms with E-state index in [1.807, 2.05) is 50.7 Å². The number of aromatic nitrogens is 2. The normalized spacial score (nSPS) is 12.5. The lowest BCUT2D eigenvalue weighted by Crippen LogP contribution is -2.38. The average molecular weight is 370 g/mol. The maximum absolute atomic E-state index is 12.6. The van der Waals surface area contributed by atoms with Crippen molar-refractivity contribution in [2.45, 2.75) is 19.5 Å². The number of nitrogens with one attached hydrogen (secondary N) is 1. The first-order valence-corrected chi connectivity index (χ1v) is 9.28. The molecular weight excluding hydrogens is 348 g/mol. The van der Waals surface area contributed by atoms with E-state index < -0.39 is 0 Å². The summed E-state index contributed by atoms with van der Waals surface area (Å²) in [6.07, 6.45) is 0. The first-order chi connectivity index (χ1) is 12.5. The molecule has 2 aromatic heterocycles. The number of thiophene rings is 1. The summed E-state index contributed by atoms with van der Waals surface area (Å²) in [5, 5.41) is 10.6. The minimum absolute atomic E-state index is 0.0882. The van der Waals surface area contributed by atoms with Crippen LogP contribution in [0.1, 0.15) is 16.6 Å². The number of carbonyl (C=O) groups excluding carboxylic acids is 1. The lowest BCUT2D eigenvalue weighted by atomic mass is 10.1. The lowest BCUT2D eigenvalue weighted by Gasteiger charge is -2.23. The molecule has 1 aromatic carbocycles. The number of hydrogen-bond donors (Lipinski definition) is 1. The van der Waals surface area contributed by atoms with Gasteiger partial charge < -0.3 is 10.2 Å². The van der Waals surface area contributed by atoms with E-state index in [0.29, 0.717) is 11.9 Å². The highest BCUT2D eigenvalue weighted by atomic mass is 32.1. The van der Waals surface area contributed by atoms with E-state index in [1.54, 1.807) is 17.4 Å². The van der Waals surface area contributed by atoms with E-state index >= 15 is 0 Å². The Balaban J connectivity index is 1.73. The molecule has 136 valence electrons. The van der Waals surface area contributed by atoms with Crippen LogP contribution in [0.4, 0.5) is 0 Å². The van der Waals surface area contributed by atoms with E-state index in [4.69, 9.17) is 0 Å². The van der Waals surface area contributed by atoms with Crippen molar-refractivity contribution in [1.29, 1.82) is 0 Å². The second-order valence-corrected chi connectivity index (χ2v) is 7.37. The summed E-state index contributed by atoms with van der Waals surface area (Å²) in [7, 11) is 3.96. The van der Waals surface area contributed by atoms with Gasteiger partial charge in [-0.25, -0.2) is 4.68 Å². The van der Waals surface area contributed by atoms with E-state index in [0.717, 1.165) is 11.1 Å². The Bertz CT molecular complexity index is 963. The van der Waals surface area contributed by atoms with Crippen molar-refractivity contribution in [1.82, 2.24) is 20.0 Å². The number of nitrogens with zero attached hydrogens (tertiary/aromatic N) is 3. The molecule has 2 heterocycles. The van der Waals surface area contributed by atoms with Crippen LogP contribution < -0.4 is 10.9 Å². The number of benzene rings is 1. The van der Waals surface area contributed by atoms with Gasteiger partial charge in [0.15, 0.2) is 0 Å². The van der Waals surface area contributed by atoms with Crippen molar-refractivity contribution in [3.63, 3.8) is 0 Å². The van der Waals surface area contributed by atoms with E-state index in [1.165, 1.54) is 9.56 Å². The maximum atomic E-state index is 12.6. The number of likely N-dealkylation sites (N-methyl/N-ethyl adjacent to an activating group) is 1. The van der Waals surface area contributed by atoms with Crippen molar-refractivity contribution in [2.75, 3.05) is 20.6 Å². The first kappa shape index (κ1) is 18.3. The van der Waals surface area contributed by atoms with Crippen molar-refractivity contribution < 1.29 is 4.79 Å². The van der Waals surface area contributed by atoms with Crippen molar-refractivity contribution in [3.05, 3.63) is 62.7 Å². The molecule has 0 saturated heterocycles. The van der Waals surface area contributed by atoms with Crippen LogP contribution in [-0.2, 0) is 11.3 Å². The fourth-order valence-corrected chi connectivity index (χ4v) is 3.86. The summed E-state index contributed by atoms with van der Waals surface area (Å²) in [6, 6.07) is 11.5. The smallest absolute Gasteiger partial charge is 0.275 e. The van der Waals surface area contributed by atoms with Crippen molar-refractivity contribution >= 4 is 28.0 Å². The number of rotatable bonds is 6. The number of carbonyl (C=O) groups is 1. The molecule has 1 N–H and O–H groups in total. The fourth-order valence-electron chi connectivity index (χ4n) is 2.93. The van der Waals surface area contributed by atoms with Crippen LogP contribution in [0, 0.1) is 6.92 Å². The molecule has 0 aliphatic rings. The van der Waals surface area contributed by atoms with Gasteiger partial charge in [0.05, 0.1) is 17.1 Å². The third-order valence-corrected chi connectivity index (χ3v) is 5.31. The van der Waals surface area contributed by atoms with Crippen LogP contribution in [0.5, 0.6) is 0 Å². The highest BCUT2D eigenvalue weighted by Gasteiger charge is 2.17. The van der Waals surface area contributed by atoms with Crippen molar-refractivity contribution in [2.24, 2.45) is 0 Å². The van der Waals surface area contributed by atoms with E-state index in [2.05, 4.69) is 21.4 Å². The minimum atomic E-state index is -0.247. The summed E-state index contributed by atoms with van der Waals surface area (Å²) < 4.78 is 1.24. The summed E-state index contributed by atoms with van der Waals surface area (Å²) in [5.41, 5.74) is 0.488. The molecule has 0 spiro atoms. The topological polar surface area (TPSA) is 67.2 Å². The highest BCUT2D eigenvalue weighted by molar-refractivity contribution is 7.10. The Labute approximate surface area is 156 Å². The molecule has 0 bridgehead atoms. The quantitative estimate of drug-likeness (QED) is 0.722. The predicted molar refractivity (Wildman–Crippen MR) is 104 cm³/mol. The van der Waals surface area contributed by atoms with Gasteiger partial charge >= 0.3 is 0 Å². The molecule has 0 aliphatic heterocycles. The zero-order valence-electron chi connectivity index (χ0n) is 15.1. The second kappa shape index (κ2) is 7.80. The van der Waals surface area contributed by atoms with Crippen LogP contribution in [0.2, 0.25) is 0 Å². The third-order valence-electron chi connectivity index (χ3n) is 4.33. The van der Waals surface area contributed by atoms with Crippen LogP contribution in [0.25, 0.3) is 10.8 Å². The molecule has 6 nitrogen and oxygen atoms in total. The lowest BCUT2D eigenvalue weighted by molar-refractivity contribution is -0.122. The Hall–Kier alpha value is -2.51. The van der Waals surface area contributed by atoms with Crippen LogP contribution in [-0.4, -0.2) is 41.2 Å². The molecule has 0 radical (unpaired) electrons. The van der Waals surface area contributed by atoms with Gasteiger partial charge in [-0.3, -0.25) is 9.59 Å². The molecule has 3 aromatic rings. The van der Waals surface area contributed by atoms with Gasteiger partial charge in [0.2, 0.25) is 5.91 Å². The van der Waals surface area contributed by atoms with Gasteiger partial charge in [-0.2, -0.15) is 5.10 Å². The van der Waals surface area contributed by atoms with Crippen LogP contribution >= 0.6 is 11.3 Å². The van der Waals surface area contributed by atoms with Gasteiger partial charge in [0.1, 0.15) is 6.54 Å². The summed E-state index contributed by atoms with van der Waals surface area (Å²) in [6.45, 7) is 2.23. The number of hydrogen-bond acceptors (Lipinski definition) is 5. The fraction of sp³-hybridized carbons (Fsp3) is 0.316. The van der Waals surface area contributed by atoms with Gasteiger partial charge in [-0.15, -0.1) is 11.3 Å². The molecular formula is C19H22N4O2S. The Morgan fingerprint density at radius 1 is 1.23 bits per heavy atom. The minimum Gasteiger partial charge on any atom is -0.353 e. The third kappa shape index (κ3) is 3.84. The largest absolute Gasteiger partial charge is 0.353 e. The molecule has 0 fully saturated rings. The average Bonchev–Trinajstić information content (AvgIpc) is 3.13. The standard InChI is InChI=1S/C19H22N4O2S/c1-13-14-7-4-5-8-15(14)19(25)23(21-13)12-18(24)20-11-16(22(2)3)17-9-6-10-26-17/h4-10,16H,11-12H2,1-3H3,(H,20,24). The predicted octanol–water partition coefficient (Wildman–Crippen LogP) is 2.19. The summed E-state index contributed by atoms with van der Waals surface area (Å²) in [4.78, 5) is 28.2. The Morgan fingerprint density at radius 3 is 2.62 bits per heavy atom. The summed E-state index contributed by atoms with van der Waals surface area (Å²) in [5.74, 6) is -0.224. The van der Waals surface area contributed by atoms with Crippen LogP contribution in [0.3, 0.4) is 0 Å². The number of fused-ring (bicyclic) bond motifs is 1. The molecule has 0 aliphatic carbocycles. The zero-order chi connectivity index (χ0) is 18.7. The zero-order valence-corrected chi connectivity index (χ0v) is 15.9. The molecule has 26 heavy (non-hydrogen) atoms. The molecule has 7 heteroatoms. The van der Waals surface area contributed by atoms with Crippen molar-refractivity contribution in [3.8, 4) is 0 Å². The maximum Gasteiger partial charge on any atom is 0.275 e. The highest BCUT2D eigenvalue weighted by Crippen LogP contribution is 2.22. The van der Waals surface area contributed by atoms with Gasteiger partial charge in [-0.1, -0.05) is 24.3 Å². The van der Waals surface area contributed by atoms with Gasteiger partial charge in [0, 0.05) is 16.8 Å². The van der Waals surface area contributed by atoms with E-state index in [9.17, 15) is 9.59 Å².